The summed E-state index contributed by atoms with van der Waals surface area (Å²) in [6.07, 6.45) is 3.70. The van der Waals surface area contributed by atoms with Crippen molar-refractivity contribution in [1.82, 2.24) is 50.5 Å². The highest BCUT2D eigenvalue weighted by molar-refractivity contribution is 9.12. The van der Waals surface area contributed by atoms with Crippen molar-refractivity contribution in [1.29, 1.82) is 0 Å². The number of hydrogen-bond donors (Lipinski definition) is 8. The monoisotopic (exact) mass is 1880 g/mol. The molecule has 0 saturated carbocycles. The Morgan fingerprint density at radius 1 is 0.577 bits per heavy atom. The number of alkyl halides is 1. The second-order valence-electron chi connectivity index (χ2n) is 23.7. The fourth-order valence-electron chi connectivity index (χ4n) is 7.00. The third kappa shape index (κ3) is 44.2. The number of hydrogen-bond acceptors (Lipinski definition) is 21. The Labute approximate surface area is 667 Å². The number of ether oxygens (including phenoxy) is 4. The molecule has 0 bridgehead atoms. The van der Waals surface area contributed by atoms with Gasteiger partial charge in [-0.05, 0) is 244 Å². The number of carbonyl (C=O) groups excluding carboxylic acids is 5. The molecule has 1 aromatic carbocycles. The third-order valence-corrected chi connectivity index (χ3v) is 20.0. The van der Waals surface area contributed by atoms with Gasteiger partial charge in [-0.1, -0.05) is 18.2 Å². The first-order valence-corrected chi connectivity index (χ1v) is 39.4. The van der Waals surface area contributed by atoms with Crippen molar-refractivity contribution >= 4 is 178 Å². The van der Waals surface area contributed by atoms with E-state index < -0.39 is 29.0 Å². The molecule has 7 heterocycles. The molecule has 0 unspecified atom stereocenters. The summed E-state index contributed by atoms with van der Waals surface area (Å²) in [5, 5.41) is 26.3. The van der Waals surface area contributed by atoms with E-state index in [-0.39, 0.29) is 85.3 Å². The van der Waals surface area contributed by atoms with E-state index in [2.05, 4.69) is 111 Å². The van der Waals surface area contributed by atoms with E-state index in [1.807, 2.05) is 84.3 Å². The van der Waals surface area contributed by atoms with Gasteiger partial charge in [-0.15, -0.1) is 68.3 Å². The zero-order valence-corrected chi connectivity index (χ0v) is 70.8. The molecular weight excluding hydrogens is 1810 g/mol. The SMILES string of the molecule is CC(C)(C)OC(=O)CCC(=CF)CCl.CC(C)(C)OC(=O)CCC(=CF)CO.CC(C)(C)OC(=O)NCC(=CF)Cn1ncn(Cc2ccc(Br)s2)c1=O.NCc1ccc(Br)s1.NNC(=O)NCc1ccc(Br)s1.O=C(NCc1ccc(Br)s1)Oc1ccccc1.O=c1[nH]ncn1Cc1ccc(Br)s1. The number of H-pyrrole nitrogens is 1. The number of hydrazine groups is 1. The number of benzene rings is 1. The number of rotatable bonds is 22. The van der Waals surface area contributed by atoms with Crippen LogP contribution in [0.1, 0.15) is 112 Å². The van der Waals surface area contributed by atoms with E-state index in [1.54, 1.807) is 120 Å². The van der Waals surface area contributed by atoms with Crippen LogP contribution in [0.5, 0.6) is 5.75 Å². The van der Waals surface area contributed by atoms with Crippen LogP contribution in [0.4, 0.5) is 27.6 Å². The number of aromatic nitrogens is 6. The Kier molecular flexibility index (Phi) is 45.6. The number of halogens is 9. The van der Waals surface area contributed by atoms with E-state index >= 15 is 0 Å². The van der Waals surface area contributed by atoms with E-state index in [0.29, 0.717) is 69.5 Å². The van der Waals surface area contributed by atoms with Crippen molar-refractivity contribution in [3.8, 4) is 5.75 Å². The molecule has 24 nitrogen and oxygen atoms in total. The molecule has 572 valence electrons. The minimum absolute atomic E-state index is 0.0632. The molecule has 0 aliphatic rings. The van der Waals surface area contributed by atoms with Crippen LogP contribution < -0.4 is 49.1 Å². The van der Waals surface area contributed by atoms with Crippen molar-refractivity contribution in [2.24, 2.45) is 11.6 Å². The Bertz CT molecular complexity index is 4030. The molecule has 8 rings (SSSR count). The molecule has 0 fully saturated rings. The van der Waals surface area contributed by atoms with Gasteiger partial charge in [-0.2, -0.15) is 10.2 Å². The highest BCUT2D eigenvalue weighted by Crippen LogP contribution is 2.26. The number of nitrogens with zero attached hydrogens (tertiary/aromatic N) is 5. The van der Waals surface area contributed by atoms with Gasteiger partial charge >= 0.3 is 41.5 Å². The summed E-state index contributed by atoms with van der Waals surface area (Å²) in [5.41, 5.74) is 5.97. The van der Waals surface area contributed by atoms with E-state index in [4.69, 9.17) is 47.2 Å². The number of allylic oxidation sites excluding steroid dienone is 1. The number of nitrogens with two attached hydrogens (primary N) is 2. The van der Waals surface area contributed by atoms with Gasteiger partial charge in [0.15, 0.2) is 0 Å². The molecule has 0 radical (unpaired) electrons. The van der Waals surface area contributed by atoms with E-state index in [9.17, 15) is 46.7 Å². The van der Waals surface area contributed by atoms with Crippen LogP contribution in [0.15, 0.2) is 168 Å². The smallest absolute Gasteiger partial charge is 0.412 e. The van der Waals surface area contributed by atoms with Crippen molar-refractivity contribution < 1.29 is 61.2 Å². The van der Waals surface area contributed by atoms with Crippen molar-refractivity contribution in [2.75, 3.05) is 19.0 Å². The predicted molar refractivity (Wildman–Crippen MR) is 424 cm³/mol. The van der Waals surface area contributed by atoms with Gasteiger partial charge in [0.2, 0.25) is 0 Å². The number of alkyl carbamates (subject to hydrolysis) is 1. The van der Waals surface area contributed by atoms with Gasteiger partial charge in [0.25, 0.3) is 0 Å². The van der Waals surface area contributed by atoms with Crippen molar-refractivity contribution in [3.63, 3.8) is 0 Å². The second-order valence-corrected chi connectivity index (χ2v) is 36.7. The number of nitrogens with one attached hydrogen (secondary N) is 5. The van der Waals surface area contributed by atoms with Crippen LogP contribution in [-0.2, 0) is 63.1 Å². The normalized spacial score (nSPS) is 11.3. The number of esters is 2. The average Bonchev–Trinajstić information content (AvgIpc) is 1.70. The lowest BCUT2D eigenvalue weighted by molar-refractivity contribution is -0.155. The standard InChI is InChI=1S/C16H20BrFN4O3S.C12H10BrNO2S.C10H16ClFO2.C10H17FO3.C7H6BrN3OS.C6H8BrN3OS.C5H6BrNS/c1-16(2,3)25-14(23)19-7-11(6-18)8-22-15(24)21(10-20-22)9-12-4-5-13(17)26-12;13-11-7-6-10(17-11)8-14-12(15)16-9-4-2-1-3-5-9;2*1-10(2,3)14-9(13)5-4-8(6-11)7-12;8-6-2-1-5(13-6)3-11-4-9-10-7(11)12;7-5-2-1-4(12-5)3-9-6(11)10-8;6-5-2-1-4(3-7)8-5/h4-6,10H,7-9H2,1-3H3,(H,19,23);1-7H,8H2,(H,14,15);7H,4-6H2,1-3H3;6,12H,4-5,7H2,1-3H3;1-2,4H,3H2,(H,10,12);1-2H,3,8H2,(H2,9,10,11);1-2H,3,7H2. The number of thiophene rings is 5. The largest absolute Gasteiger partial charge is 0.460 e. The van der Waals surface area contributed by atoms with E-state index in [1.165, 1.54) is 38.0 Å². The molecule has 0 aliphatic heterocycles. The summed E-state index contributed by atoms with van der Waals surface area (Å²) in [6, 6.07) is 28.2. The lowest BCUT2D eigenvalue weighted by atomic mass is 10.1. The first-order chi connectivity index (χ1) is 49.0. The summed E-state index contributed by atoms with van der Waals surface area (Å²) in [7, 11) is 0. The fraction of sp³-hybridized carbons (Fsp3) is 0.379. The molecular formula is C66H83Br5ClF3N12O12S5. The molecule has 0 spiro atoms. The summed E-state index contributed by atoms with van der Waals surface area (Å²) < 4.78 is 66.8. The number of aromatic amines is 1. The van der Waals surface area contributed by atoms with E-state index in [0.717, 1.165) is 43.1 Å². The number of urea groups is 1. The number of amides is 4. The number of carbonyl (C=O) groups is 5. The second kappa shape index (κ2) is 50.5. The Morgan fingerprint density at radius 3 is 1.40 bits per heavy atom. The maximum atomic E-state index is 13.1. The molecule has 10 N–H and O–H groups in total. The van der Waals surface area contributed by atoms with Crippen LogP contribution in [-0.4, -0.2) is 100 Å². The average molecular weight is 1890 g/mol. The third-order valence-electron chi connectivity index (χ3n) is 11.5. The van der Waals surface area contributed by atoms with Crippen LogP contribution in [0.3, 0.4) is 0 Å². The fourth-order valence-corrected chi connectivity index (χ4v) is 14.4. The summed E-state index contributed by atoms with van der Waals surface area (Å²) in [5.74, 6) is 4.81. The van der Waals surface area contributed by atoms with Crippen LogP contribution in [0, 0.1) is 0 Å². The minimum atomic E-state index is -0.655. The number of aliphatic hydroxyl groups is 1. The van der Waals surface area contributed by atoms with Crippen molar-refractivity contribution in [3.05, 3.63) is 204 Å². The van der Waals surface area contributed by atoms with Crippen LogP contribution >= 0.6 is 148 Å². The van der Waals surface area contributed by atoms with Gasteiger partial charge in [0.05, 0.1) is 77.3 Å². The van der Waals surface area contributed by atoms with Crippen LogP contribution in [0.25, 0.3) is 0 Å². The first-order valence-electron chi connectivity index (χ1n) is 30.8. The predicted octanol–water partition coefficient (Wildman–Crippen LogP) is 16.8. The summed E-state index contributed by atoms with van der Waals surface area (Å²) in [6.45, 7) is 17.9. The maximum absolute atomic E-state index is 13.1. The molecule has 7 aromatic heterocycles. The molecule has 8 aromatic rings. The molecule has 0 atom stereocenters. The van der Waals surface area contributed by atoms with Gasteiger partial charge in [-0.3, -0.25) is 24.1 Å². The minimum Gasteiger partial charge on any atom is -0.460 e. The van der Waals surface area contributed by atoms with Crippen LogP contribution in [0.2, 0.25) is 0 Å². The Hall–Kier alpha value is -6.07. The molecule has 4 amide bonds. The lowest BCUT2D eigenvalue weighted by Crippen LogP contribution is -2.39. The molecule has 0 saturated heterocycles. The van der Waals surface area contributed by atoms with Gasteiger partial charge in [0, 0.05) is 56.2 Å². The molecule has 104 heavy (non-hydrogen) atoms. The Morgan fingerprint density at radius 2 is 1.02 bits per heavy atom. The molecule has 38 heteroatoms. The maximum Gasteiger partial charge on any atom is 0.412 e. The highest BCUT2D eigenvalue weighted by Gasteiger charge is 2.19. The Balaban J connectivity index is 0.000000423. The van der Waals surface area contributed by atoms with Crippen molar-refractivity contribution in [2.45, 2.75) is 144 Å². The first kappa shape index (κ1) is 94.0. The molecule has 0 aliphatic carbocycles. The van der Waals surface area contributed by atoms with Gasteiger partial charge in [-0.25, -0.2) is 52.8 Å². The van der Waals surface area contributed by atoms with Gasteiger partial charge in [0.1, 0.15) is 35.2 Å². The lowest BCUT2D eigenvalue weighted by Gasteiger charge is -2.19. The van der Waals surface area contributed by atoms with Gasteiger partial charge < -0.3 is 45.7 Å². The highest BCUT2D eigenvalue weighted by atomic mass is 79.9. The zero-order valence-electron chi connectivity index (χ0n) is 58.0. The zero-order chi connectivity index (χ0) is 78.0. The summed E-state index contributed by atoms with van der Waals surface area (Å²) in [4.78, 5) is 84.9. The summed E-state index contributed by atoms with van der Waals surface area (Å²) >= 11 is 30.2. The quantitative estimate of drug-likeness (QED) is 0.00780. The number of para-hydroxylation sites is 1. The topological polar surface area (TPSA) is 333 Å². The number of aliphatic hydroxyl groups excluding tert-OH is 1.